The van der Waals surface area contributed by atoms with Crippen LogP contribution in [-0.2, 0) is 14.3 Å². The van der Waals surface area contributed by atoms with Crippen LogP contribution >= 0.6 is 0 Å². The molecular formula is C16H21NO4. The number of carbonyl (C=O) groups excluding carboxylic acids is 3. The molecule has 0 aliphatic rings. The molecule has 0 spiro atoms. The topological polar surface area (TPSA) is 72.5 Å². The second-order valence-corrected chi connectivity index (χ2v) is 5.96. The van der Waals surface area contributed by atoms with Gasteiger partial charge in [0.05, 0.1) is 5.56 Å². The lowest BCUT2D eigenvalue weighted by molar-refractivity contribution is -0.129. The zero-order valence-electron chi connectivity index (χ0n) is 13.1. The van der Waals surface area contributed by atoms with Crippen molar-refractivity contribution < 1.29 is 19.1 Å². The summed E-state index contributed by atoms with van der Waals surface area (Å²) in [7, 11) is 0. The molecule has 0 heterocycles. The Morgan fingerprint density at radius 3 is 2.33 bits per heavy atom. The van der Waals surface area contributed by atoms with E-state index in [4.69, 9.17) is 4.74 Å². The third kappa shape index (κ3) is 5.02. The number of rotatable bonds is 4. The lowest BCUT2D eigenvalue weighted by Crippen LogP contribution is -2.26. The molecule has 0 radical (unpaired) electrons. The van der Waals surface area contributed by atoms with Crippen molar-refractivity contribution in [2.24, 2.45) is 5.41 Å². The molecule has 0 aromatic heterocycles. The molecule has 1 N–H and O–H groups in total. The summed E-state index contributed by atoms with van der Waals surface area (Å²) >= 11 is 0. The zero-order valence-corrected chi connectivity index (χ0v) is 13.1. The summed E-state index contributed by atoms with van der Waals surface area (Å²) in [6.45, 7) is 8.26. The Morgan fingerprint density at radius 1 is 1.19 bits per heavy atom. The van der Waals surface area contributed by atoms with Gasteiger partial charge in [0, 0.05) is 18.0 Å². The first-order valence-corrected chi connectivity index (χ1v) is 6.70. The van der Waals surface area contributed by atoms with Crippen LogP contribution in [0, 0.1) is 12.3 Å². The predicted octanol–water partition coefficient (Wildman–Crippen LogP) is 2.73. The molecule has 0 saturated carbocycles. The van der Waals surface area contributed by atoms with Crippen LogP contribution in [0.4, 0.5) is 5.69 Å². The third-order valence-electron chi connectivity index (χ3n) is 2.95. The Balaban J connectivity index is 2.79. The second-order valence-electron chi connectivity index (χ2n) is 5.96. The number of hydrogen-bond acceptors (Lipinski definition) is 4. The number of benzene rings is 1. The molecule has 1 aromatic rings. The smallest absolute Gasteiger partial charge is 0.338 e. The molecule has 1 aromatic carbocycles. The summed E-state index contributed by atoms with van der Waals surface area (Å²) in [6, 6.07) is 4.86. The van der Waals surface area contributed by atoms with Gasteiger partial charge in [-0.25, -0.2) is 4.79 Å². The van der Waals surface area contributed by atoms with Gasteiger partial charge in [-0.05, 0) is 24.6 Å². The number of carbonyl (C=O) groups is 3. The molecule has 5 heteroatoms. The van der Waals surface area contributed by atoms with E-state index in [9.17, 15) is 14.4 Å². The van der Waals surface area contributed by atoms with Crippen LogP contribution in [0.1, 0.15) is 43.6 Å². The van der Waals surface area contributed by atoms with Crippen LogP contribution in [0.2, 0.25) is 0 Å². The first-order chi connectivity index (χ1) is 9.61. The first-order valence-electron chi connectivity index (χ1n) is 6.70. The predicted molar refractivity (Wildman–Crippen MR) is 80.2 cm³/mol. The van der Waals surface area contributed by atoms with Crippen LogP contribution in [-0.4, -0.2) is 24.3 Å². The fourth-order valence-electron chi connectivity index (χ4n) is 1.50. The van der Waals surface area contributed by atoms with Gasteiger partial charge in [-0.2, -0.15) is 0 Å². The molecule has 0 bridgehead atoms. The normalized spacial score (nSPS) is 10.9. The Kier molecular flexibility index (Phi) is 5.24. The average Bonchev–Trinajstić information content (AvgIpc) is 2.36. The zero-order chi connectivity index (χ0) is 16.2. The van der Waals surface area contributed by atoms with Gasteiger partial charge >= 0.3 is 5.97 Å². The largest absolute Gasteiger partial charge is 0.454 e. The van der Waals surface area contributed by atoms with Crippen molar-refractivity contribution in [1.82, 2.24) is 0 Å². The Hall–Kier alpha value is -2.17. The van der Waals surface area contributed by atoms with Crippen LogP contribution in [0.15, 0.2) is 18.2 Å². The van der Waals surface area contributed by atoms with Crippen molar-refractivity contribution in [3.05, 3.63) is 29.3 Å². The molecule has 0 aliphatic heterocycles. The second kappa shape index (κ2) is 6.52. The standard InChI is InChI=1S/C16H21NO4/c1-10-6-7-12(8-13(10)17-11(2)18)15(20)21-9-14(19)16(3,4)5/h6-8H,9H2,1-5H3,(H,17,18). The van der Waals surface area contributed by atoms with Gasteiger partial charge in [0.15, 0.2) is 12.4 Å². The summed E-state index contributed by atoms with van der Waals surface area (Å²) in [6.07, 6.45) is 0. The maximum atomic E-state index is 11.9. The van der Waals surface area contributed by atoms with Crippen molar-refractivity contribution >= 4 is 23.3 Å². The Labute approximate surface area is 124 Å². The summed E-state index contributed by atoms with van der Waals surface area (Å²) in [5.74, 6) is -0.948. The highest BCUT2D eigenvalue weighted by molar-refractivity contribution is 5.95. The van der Waals surface area contributed by atoms with Crippen molar-refractivity contribution in [2.45, 2.75) is 34.6 Å². The number of nitrogens with one attached hydrogen (secondary N) is 1. The summed E-state index contributed by atoms with van der Waals surface area (Å²) in [5.41, 5.74) is 1.15. The lowest BCUT2D eigenvalue weighted by Gasteiger charge is -2.16. The monoisotopic (exact) mass is 291 g/mol. The number of ether oxygens (including phenoxy) is 1. The van der Waals surface area contributed by atoms with E-state index in [0.29, 0.717) is 11.3 Å². The number of anilines is 1. The third-order valence-corrected chi connectivity index (χ3v) is 2.95. The van der Waals surface area contributed by atoms with Crippen molar-refractivity contribution in [3.8, 4) is 0 Å². The molecule has 5 nitrogen and oxygen atoms in total. The number of amides is 1. The van der Waals surface area contributed by atoms with E-state index in [1.807, 2.05) is 6.92 Å². The molecule has 0 aliphatic carbocycles. The number of hydrogen-bond donors (Lipinski definition) is 1. The first kappa shape index (κ1) is 16.9. The quantitative estimate of drug-likeness (QED) is 0.866. The maximum absolute atomic E-state index is 11.9. The summed E-state index contributed by atoms with van der Waals surface area (Å²) < 4.78 is 5.02. The van der Waals surface area contributed by atoms with E-state index in [-0.39, 0.29) is 18.3 Å². The van der Waals surface area contributed by atoms with E-state index in [2.05, 4.69) is 5.32 Å². The van der Waals surface area contributed by atoms with Gasteiger partial charge in [-0.1, -0.05) is 26.8 Å². The van der Waals surface area contributed by atoms with Crippen molar-refractivity contribution in [3.63, 3.8) is 0 Å². The highest BCUT2D eigenvalue weighted by atomic mass is 16.5. The number of esters is 1. The van der Waals surface area contributed by atoms with Crippen LogP contribution in [0.5, 0.6) is 0 Å². The number of ketones is 1. The molecule has 0 saturated heterocycles. The Bertz CT molecular complexity index is 570. The van der Waals surface area contributed by atoms with Crippen molar-refractivity contribution in [2.75, 3.05) is 11.9 Å². The SMILES string of the molecule is CC(=O)Nc1cc(C(=O)OCC(=O)C(C)(C)C)ccc1C. The van der Waals surface area contributed by atoms with Gasteiger partial charge < -0.3 is 10.1 Å². The maximum Gasteiger partial charge on any atom is 0.338 e. The van der Waals surface area contributed by atoms with Crippen LogP contribution in [0.25, 0.3) is 0 Å². The van der Waals surface area contributed by atoms with Gasteiger partial charge in [0.2, 0.25) is 5.91 Å². The van der Waals surface area contributed by atoms with Crippen LogP contribution < -0.4 is 5.32 Å². The minimum absolute atomic E-state index is 0.148. The molecule has 114 valence electrons. The fraction of sp³-hybridized carbons (Fsp3) is 0.438. The van der Waals surface area contributed by atoms with E-state index in [0.717, 1.165) is 5.56 Å². The van der Waals surface area contributed by atoms with Crippen molar-refractivity contribution in [1.29, 1.82) is 0 Å². The average molecular weight is 291 g/mol. The summed E-state index contributed by atoms with van der Waals surface area (Å²) in [4.78, 5) is 34.8. The highest BCUT2D eigenvalue weighted by Crippen LogP contribution is 2.18. The van der Waals surface area contributed by atoms with E-state index >= 15 is 0 Å². The van der Waals surface area contributed by atoms with Crippen LogP contribution in [0.3, 0.4) is 0 Å². The van der Waals surface area contributed by atoms with E-state index in [1.54, 1.807) is 39.0 Å². The molecule has 21 heavy (non-hydrogen) atoms. The molecule has 0 unspecified atom stereocenters. The molecule has 1 amide bonds. The number of Topliss-reactive ketones (excluding diaryl/α,β-unsaturated/α-hetero) is 1. The van der Waals surface area contributed by atoms with Gasteiger partial charge in [-0.3, -0.25) is 9.59 Å². The van der Waals surface area contributed by atoms with Gasteiger partial charge in [0.25, 0.3) is 0 Å². The highest BCUT2D eigenvalue weighted by Gasteiger charge is 2.22. The fourth-order valence-corrected chi connectivity index (χ4v) is 1.50. The lowest BCUT2D eigenvalue weighted by atomic mass is 9.91. The van der Waals surface area contributed by atoms with Gasteiger partial charge in [0.1, 0.15) is 0 Å². The minimum atomic E-state index is -0.584. The summed E-state index contributed by atoms with van der Waals surface area (Å²) in [5, 5.41) is 2.64. The number of aryl methyl sites for hydroxylation is 1. The molecule has 1 rings (SSSR count). The minimum Gasteiger partial charge on any atom is -0.454 e. The van der Waals surface area contributed by atoms with E-state index in [1.165, 1.54) is 6.92 Å². The van der Waals surface area contributed by atoms with Gasteiger partial charge in [-0.15, -0.1) is 0 Å². The Morgan fingerprint density at radius 2 is 1.81 bits per heavy atom. The molecular weight excluding hydrogens is 270 g/mol. The molecule has 0 fully saturated rings. The molecule has 0 atom stereocenters. The van der Waals surface area contributed by atoms with E-state index < -0.39 is 11.4 Å².